The summed E-state index contributed by atoms with van der Waals surface area (Å²) in [7, 11) is -3.39. The Bertz CT molecular complexity index is 1100. The summed E-state index contributed by atoms with van der Waals surface area (Å²) in [5.41, 5.74) is 2.19. The molecule has 0 saturated heterocycles. The van der Waals surface area contributed by atoms with Gasteiger partial charge in [-0.25, -0.2) is 8.42 Å². The van der Waals surface area contributed by atoms with Crippen LogP contribution in [-0.4, -0.2) is 38.1 Å². The van der Waals surface area contributed by atoms with E-state index in [0.717, 1.165) is 5.56 Å². The van der Waals surface area contributed by atoms with Gasteiger partial charge >= 0.3 is 0 Å². The Labute approximate surface area is 177 Å². The molecule has 2 N–H and O–H groups in total. The molecular formula is C22H27N3O4S. The monoisotopic (exact) mass is 429 g/mol. The van der Waals surface area contributed by atoms with Gasteiger partial charge in [0.05, 0.1) is 23.2 Å². The number of benzene rings is 2. The molecule has 0 aliphatic carbocycles. The Morgan fingerprint density at radius 2 is 1.73 bits per heavy atom. The van der Waals surface area contributed by atoms with Gasteiger partial charge in [-0.2, -0.15) is 0 Å². The van der Waals surface area contributed by atoms with Gasteiger partial charge in [-0.1, -0.05) is 12.1 Å². The maximum atomic E-state index is 12.9. The molecule has 0 bridgehead atoms. The zero-order chi connectivity index (χ0) is 22.3. The highest BCUT2D eigenvalue weighted by Gasteiger charge is 2.32. The van der Waals surface area contributed by atoms with Gasteiger partial charge in [0.1, 0.15) is 0 Å². The zero-order valence-electron chi connectivity index (χ0n) is 17.8. The fraction of sp³-hybridized carbons (Fsp3) is 0.364. The van der Waals surface area contributed by atoms with Crippen molar-refractivity contribution in [3.8, 4) is 0 Å². The minimum atomic E-state index is -3.39. The summed E-state index contributed by atoms with van der Waals surface area (Å²) in [4.78, 5) is 25.5. The van der Waals surface area contributed by atoms with E-state index in [1.165, 1.54) is 10.6 Å². The molecule has 0 fully saturated rings. The van der Waals surface area contributed by atoms with Crippen LogP contribution in [0.4, 0.5) is 11.4 Å². The van der Waals surface area contributed by atoms with Crippen molar-refractivity contribution in [1.29, 1.82) is 0 Å². The number of hydrogen-bond donors (Lipinski definition) is 2. The first-order chi connectivity index (χ1) is 13.9. The van der Waals surface area contributed by atoms with Gasteiger partial charge in [0.2, 0.25) is 10.0 Å². The third-order valence-electron chi connectivity index (χ3n) is 4.76. The number of carbonyl (C=O) groups excluding carboxylic acids is 2. The van der Waals surface area contributed by atoms with Gasteiger partial charge in [-0.3, -0.25) is 13.9 Å². The van der Waals surface area contributed by atoms with Crippen molar-refractivity contribution in [2.75, 3.05) is 15.9 Å². The van der Waals surface area contributed by atoms with Crippen LogP contribution >= 0.6 is 0 Å². The van der Waals surface area contributed by atoms with Crippen molar-refractivity contribution >= 4 is 33.2 Å². The summed E-state index contributed by atoms with van der Waals surface area (Å²) in [5.74, 6) is -0.635. The van der Waals surface area contributed by atoms with Crippen molar-refractivity contribution in [2.24, 2.45) is 0 Å². The molecule has 2 amide bonds. The summed E-state index contributed by atoms with van der Waals surface area (Å²) >= 11 is 0. The van der Waals surface area contributed by atoms with Crippen molar-refractivity contribution in [2.45, 2.75) is 45.7 Å². The minimum Gasteiger partial charge on any atom is -0.347 e. The molecule has 160 valence electrons. The van der Waals surface area contributed by atoms with E-state index in [1.54, 1.807) is 42.5 Å². The van der Waals surface area contributed by atoms with Crippen LogP contribution in [-0.2, 0) is 16.4 Å². The molecule has 8 heteroatoms. The molecule has 3 rings (SSSR count). The average molecular weight is 430 g/mol. The fourth-order valence-corrected chi connectivity index (χ4v) is 4.91. The largest absolute Gasteiger partial charge is 0.347 e. The fourth-order valence-electron chi connectivity index (χ4n) is 3.64. The molecule has 1 unspecified atom stereocenters. The van der Waals surface area contributed by atoms with E-state index >= 15 is 0 Å². The summed E-state index contributed by atoms with van der Waals surface area (Å²) in [5, 5.41) is 5.70. The number of para-hydroxylation sites is 1. The molecule has 0 spiro atoms. The summed E-state index contributed by atoms with van der Waals surface area (Å²) in [6, 6.07) is 11.6. The highest BCUT2D eigenvalue weighted by molar-refractivity contribution is 7.92. The lowest BCUT2D eigenvalue weighted by atomic mass is 10.1. The Morgan fingerprint density at radius 3 is 2.37 bits per heavy atom. The smallest absolute Gasteiger partial charge is 0.255 e. The van der Waals surface area contributed by atoms with E-state index in [9.17, 15) is 18.0 Å². The first-order valence-electron chi connectivity index (χ1n) is 9.72. The number of fused-ring (bicyclic) bond motifs is 1. The number of carbonyl (C=O) groups is 2. The van der Waals surface area contributed by atoms with Crippen molar-refractivity contribution in [1.82, 2.24) is 5.32 Å². The summed E-state index contributed by atoms with van der Waals surface area (Å²) in [6.45, 7) is 7.50. The lowest BCUT2D eigenvalue weighted by Gasteiger charge is -2.22. The Hall–Kier alpha value is -2.87. The normalized spacial score (nSPS) is 16.2. The second kappa shape index (κ2) is 7.75. The molecule has 1 heterocycles. The van der Waals surface area contributed by atoms with Gasteiger partial charge in [-0.05, 0) is 70.0 Å². The van der Waals surface area contributed by atoms with Crippen molar-refractivity contribution in [3.63, 3.8) is 0 Å². The predicted octanol–water partition coefficient (Wildman–Crippen LogP) is 3.18. The maximum Gasteiger partial charge on any atom is 0.255 e. The highest BCUT2D eigenvalue weighted by atomic mass is 32.2. The Kier molecular flexibility index (Phi) is 5.64. The first kappa shape index (κ1) is 21.8. The molecule has 1 atom stereocenters. The van der Waals surface area contributed by atoms with Crippen LogP contribution in [0.5, 0.6) is 0 Å². The van der Waals surface area contributed by atoms with E-state index in [1.807, 2.05) is 27.7 Å². The van der Waals surface area contributed by atoms with E-state index in [0.29, 0.717) is 28.9 Å². The second-order valence-electron chi connectivity index (χ2n) is 8.66. The van der Waals surface area contributed by atoms with Gasteiger partial charge in [0.25, 0.3) is 11.8 Å². The first-order valence-corrected chi connectivity index (χ1v) is 11.6. The number of nitrogens with zero attached hydrogens (tertiary/aromatic N) is 1. The Morgan fingerprint density at radius 1 is 1.07 bits per heavy atom. The quantitative estimate of drug-likeness (QED) is 0.780. The molecule has 30 heavy (non-hydrogen) atoms. The third-order valence-corrected chi connectivity index (χ3v) is 6.03. The van der Waals surface area contributed by atoms with Gasteiger partial charge in [0, 0.05) is 17.1 Å². The zero-order valence-corrected chi connectivity index (χ0v) is 18.6. The second-order valence-corrected chi connectivity index (χ2v) is 10.5. The standard InChI is InChI=1S/C22H27N3O4S/c1-14-12-16-13-15(10-11-19(16)25(14)30(5,28)29)20(26)23-18-9-7-6-8-17(18)21(27)24-22(2,3)4/h6-11,13-14H,12H2,1-5H3,(H,23,26)(H,24,27). The van der Waals surface area contributed by atoms with Gasteiger partial charge in [-0.15, -0.1) is 0 Å². The average Bonchev–Trinajstić information content (AvgIpc) is 2.95. The van der Waals surface area contributed by atoms with Crippen molar-refractivity contribution < 1.29 is 18.0 Å². The van der Waals surface area contributed by atoms with Crippen LogP contribution in [0.2, 0.25) is 0 Å². The van der Waals surface area contributed by atoms with Crippen LogP contribution in [0, 0.1) is 0 Å². The van der Waals surface area contributed by atoms with E-state index < -0.39 is 15.6 Å². The van der Waals surface area contributed by atoms with Crippen LogP contribution in [0.1, 0.15) is 54.0 Å². The molecule has 0 aromatic heterocycles. The van der Waals surface area contributed by atoms with Gasteiger partial charge in [0.15, 0.2) is 0 Å². The number of hydrogen-bond acceptors (Lipinski definition) is 4. The van der Waals surface area contributed by atoms with E-state index in [2.05, 4.69) is 10.6 Å². The lowest BCUT2D eigenvalue weighted by Crippen LogP contribution is -2.40. The molecule has 7 nitrogen and oxygen atoms in total. The Balaban J connectivity index is 1.85. The number of amides is 2. The number of anilines is 2. The topological polar surface area (TPSA) is 95.6 Å². The lowest BCUT2D eigenvalue weighted by molar-refractivity contribution is 0.0920. The summed E-state index contributed by atoms with van der Waals surface area (Å²) < 4.78 is 25.5. The van der Waals surface area contributed by atoms with Crippen LogP contribution in [0.15, 0.2) is 42.5 Å². The SMILES string of the molecule is CC1Cc2cc(C(=O)Nc3ccccc3C(=O)NC(C)(C)C)ccc2N1S(C)(=O)=O. The molecule has 1 aliphatic rings. The third kappa shape index (κ3) is 4.64. The minimum absolute atomic E-state index is 0.199. The predicted molar refractivity (Wildman–Crippen MR) is 119 cm³/mol. The number of nitrogens with one attached hydrogen (secondary N) is 2. The number of sulfonamides is 1. The molecule has 0 saturated carbocycles. The molecular weight excluding hydrogens is 402 g/mol. The van der Waals surface area contributed by atoms with E-state index in [-0.39, 0.29) is 17.9 Å². The van der Waals surface area contributed by atoms with Gasteiger partial charge < -0.3 is 10.6 Å². The van der Waals surface area contributed by atoms with E-state index in [4.69, 9.17) is 0 Å². The highest BCUT2D eigenvalue weighted by Crippen LogP contribution is 2.34. The maximum absolute atomic E-state index is 12.9. The number of rotatable bonds is 4. The molecule has 0 radical (unpaired) electrons. The van der Waals surface area contributed by atoms with Crippen LogP contribution < -0.4 is 14.9 Å². The molecule has 1 aliphatic heterocycles. The van der Waals surface area contributed by atoms with Crippen molar-refractivity contribution in [3.05, 3.63) is 59.2 Å². The van der Waals surface area contributed by atoms with Crippen LogP contribution in [0.25, 0.3) is 0 Å². The molecule has 2 aromatic rings. The van der Waals surface area contributed by atoms with Crippen LogP contribution in [0.3, 0.4) is 0 Å². The molecule has 2 aromatic carbocycles. The summed E-state index contributed by atoms with van der Waals surface area (Å²) in [6.07, 6.45) is 1.72.